The van der Waals surface area contributed by atoms with Gasteiger partial charge >= 0.3 is 0 Å². The molecule has 0 amide bonds. The van der Waals surface area contributed by atoms with Crippen LogP contribution in [-0.2, 0) is 6.42 Å². The number of halogens is 1. The van der Waals surface area contributed by atoms with Crippen molar-refractivity contribution in [2.24, 2.45) is 0 Å². The number of rotatable bonds is 3. The van der Waals surface area contributed by atoms with Gasteiger partial charge in [-0.2, -0.15) is 0 Å². The summed E-state index contributed by atoms with van der Waals surface area (Å²) in [5, 5.41) is 9.82. The van der Waals surface area contributed by atoms with Gasteiger partial charge in [0.05, 0.1) is 5.69 Å². The zero-order valence-corrected chi connectivity index (χ0v) is 16.2. The second-order valence-corrected chi connectivity index (χ2v) is 7.82. The van der Waals surface area contributed by atoms with Crippen molar-refractivity contribution < 1.29 is 4.74 Å². The molecule has 28 heavy (non-hydrogen) atoms. The molecule has 3 aromatic rings. The van der Waals surface area contributed by atoms with Crippen molar-refractivity contribution in [2.45, 2.75) is 44.1 Å². The molecule has 0 radical (unpaired) electrons. The lowest BCUT2D eigenvalue weighted by atomic mass is 9.86. The fourth-order valence-corrected chi connectivity index (χ4v) is 4.35. The summed E-state index contributed by atoms with van der Waals surface area (Å²) in [7, 11) is 0. The lowest BCUT2D eigenvalue weighted by Crippen LogP contribution is -2.25. The maximum Gasteiger partial charge on any atom is 0.213 e. The summed E-state index contributed by atoms with van der Waals surface area (Å²) >= 11 is 6.21. The molecular formula is C22H21ClN4O. The standard InChI is InChI=1S/C22H21ClN4O/c23-17-9-12-19-16(14-17)4-3-5-20-25-26-22(27(19)20)15-7-10-18(11-8-15)28-21-6-1-2-13-24-21/h1-4,6,9,12-15,18H,5,7-8,10-11H2/t15-,18-. The highest BCUT2D eigenvalue weighted by molar-refractivity contribution is 6.30. The zero-order valence-electron chi connectivity index (χ0n) is 15.5. The third kappa shape index (κ3) is 3.31. The maximum absolute atomic E-state index is 6.21. The van der Waals surface area contributed by atoms with Gasteiger partial charge in [-0.15, -0.1) is 10.2 Å². The van der Waals surface area contributed by atoms with Gasteiger partial charge in [0, 0.05) is 29.6 Å². The van der Waals surface area contributed by atoms with Crippen molar-refractivity contribution in [3.63, 3.8) is 0 Å². The fourth-order valence-electron chi connectivity index (χ4n) is 4.17. The maximum atomic E-state index is 6.21. The number of allylic oxidation sites excluding steroid dienone is 1. The van der Waals surface area contributed by atoms with Crippen LogP contribution in [0.4, 0.5) is 0 Å². The Morgan fingerprint density at radius 1 is 1.04 bits per heavy atom. The lowest BCUT2D eigenvalue weighted by molar-refractivity contribution is 0.139. The Bertz CT molecular complexity index is 1010. The molecule has 1 aromatic carbocycles. The predicted molar refractivity (Wildman–Crippen MR) is 109 cm³/mol. The first kappa shape index (κ1) is 17.4. The molecule has 0 unspecified atom stereocenters. The van der Waals surface area contributed by atoms with Crippen molar-refractivity contribution in [2.75, 3.05) is 0 Å². The molecule has 0 saturated heterocycles. The summed E-state index contributed by atoms with van der Waals surface area (Å²) in [4.78, 5) is 4.28. The van der Waals surface area contributed by atoms with Crippen LogP contribution in [0.5, 0.6) is 5.88 Å². The minimum atomic E-state index is 0.213. The number of fused-ring (bicyclic) bond motifs is 3. The van der Waals surface area contributed by atoms with Crippen LogP contribution in [0.3, 0.4) is 0 Å². The molecule has 5 rings (SSSR count). The van der Waals surface area contributed by atoms with Crippen LogP contribution in [0, 0.1) is 0 Å². The zero-order chi connectivity index (χ0) is 18.9. The van der Waals surface area contributed by atoms with Gasteiger partial charge in [-0.1, -0.05) is 29.8 Å². The molecule has 2 aromatic heterocycles. The van der Waals surface area contributed by atoms with Gasteiger partial charge in [-0.25, -0.2) is 4.98 Å². The number of ether oxygens (including phenoxy) is 1. The van der Waals surface area contributed by atoms with Crippen molar-refractivity contribution >= 4 is 17.7 Å². The van der Waals surface area contributed by atoms with Crippen LogP contribution in [-0.4, -0.2) is 25.9 Å². The van der Waals surface area contributed by atoms with Crippen LogP contribution in [0.15, 0.2) is 48.7 Å². The molecule has 1 aliphatic heterocycles. The molecule has 1 saturated carbocycles. The molecule has 6 heteroatoms. The highest BCUT2D eigenvalue weighted by Crippen LogP contribution is 2.36. The molecule has 0 bridgehead atoms. The van der Waals surface area contributed by atoms with Gasteiger partial charge in [-0.3, -0.25) is 4.57 Å². The average Bonchev–Trinajstić information content (AvgIpc) is 3.05. The highest BCUT2D eigenvalue weighted by Gasteiger charge is 2.29. The summed E-state index contributed by atoms with van der Waals surface area (Å²) in [5.74, 6) is 3.13. The molecule has 0 N–H and O–H groups in total. The largest absolute Gasteiger partial charge is 0.474 e. The molecule has 5 nitrogen and oxygen atoms in total. The van der Waals surface area contributed by atoms with Crippen molar-refractivity contribution in [3.05, 3.63) is 70.9 Å². The van der Waals surface area contributed by atoms with Crippen LogP contribution < -0.4 is 4.74 Å². The second-order valence-electron chi connectivity index (χ2n) is 7.38. The van der Waals surface area contributed by atoms with Gasteiger partial charge in [0.1, 0.15) is 17.8 Å². The van der Waals surface area contributed by atoms with E-state index in [0.29, 0.717) is 11.8 Å². The number of hydrogen-bond donors (Lipinski definition) is 0. The normalized spacial score (nSPS) is 20.9. The van der Waals surface area contributed by atoms with Gasteiger partial charge in [-0.05, 0) is 55.5 Å². The van der Waals surface area contributed by atoms with Crippen molar-refractivity contribution in [3.8, 4) is 11.6 Å². The fraction of sp³-hybridized carbons (Fsp3) is 0.318. The van der Waals surface area contributed by atoms with Gasteiger partial charge in [0.2, 0.25) is 5.88 Å². The molecule has 142 valence electrons. The van der Waals surface area contributed by atoms with E-state index < -0.39 is 0 Å². The second kappa shape index (κ2) is 7.40. The predicted octanol–water partition coefficient (Wildman–Crippen LogP) is 4.99. The Balaban J connectivity index is 1.37. The molecular weight excluding hydrogens is 372 g/mol. The van der Waals surface area contributed by atoms with Crippen LogP contribution >= 0.6 is 11.6 Å². The molecule has 1 fully saturated rings. The number of hydrogen-bond acceptors (Lipinski definition) is 4. The van der Waals surface area contributed by atoms with E-state index in [4.69, 9.17) is 16.3 Å². The first-order chi connectivity index (χ1) is 13.8. The molecule has 0 atom stereocenters. The Morgan fingerprint density at radius 3 is 2.75 bits per heavy atom. The number of pyridine rings is 1. The first-order valence-electron chi connectivity index (χ1n) is 9.76. The van der Waals surface area contributed by atoms with E-state index in [1.807, 2.05) is 30.3 Å². The van der Waals surface area contributed by atoms with E-state index in [2.05, 4.69) is 38.0 Å². The van der Waals surface area contributed by atoms with Gasteiger partial charge in [0.15, 0.2) is 0 Å². The first-order valence-corrected chi connectivity index (χ1v) is 10.1. The molecule has 3 heterocycles. The Kier molecular flexibility index (Phi) is 4.61. The number of benzene rings is 1. The SMILES string of the molecule is Clc1ccc2c(c1)C=CCc1nnc([C@H]3CC[C@H](Oc4ccccn4)CC3)n1-2. The third-order valence-corrected chi connectivity index (χ3v) is 5.78. The average molecular weight is 393 g/mol. The minimum absolute atomic E-state index is 0.213. The smallest absolute Gasteiger partial charge is 0.213 e. The highest BCUT2D eigenvalue weighted by atomic mass is 35.5. The van der Waals surface area contributed by atoms with E-state index >= 15 is 0 Å². The summed E-state index contributed by atoms with van der Waals surface area (Å²) in [6.07, 6.45) is 11.1. The van der Waals surface area contributed by atoms with Gasteiger partial charge < -0.3 is 4.74 Å². The Morgan fingerprint density at radius 2 is 1.93 bits per heavy atom. The van der Waals surface area contributed by atoms with Crippen LogP contribution in [0.1, 0.15) is 48.8 Å². The van der Waals surface area contributed by atoms with E-state index in [1.54, 1.807) is 6.20 Å². The van der Waals surface area contributed by atoms with E-state index in [0.717, 1.165) is 60.0 Å². The molecule has 2 aliphatic rings. The number of nitrogens with zero attached hydrogens (tertiary/aromatic N) is 4. The lowest BCUT2D eigenvalue weighted by Gasteiger charge is -2.28. The Hall–Kier alpha value is -2.66. The summed E-state index contributed by atoms with van der Waals surface area (Å²) < 4.78 is 8.28. The van der Waals surface area contributed by atoms with E-state index in [-0.39, 0.29) is 6.10 Å². The quantitative estimate of drug-likeness (QED) is 0.630. The van der Waals surface area contributed by atoms with E-state index in [9.17, 15) is 0 Å². The van der Waals surface area contributed by atoms with Crippen molar-refractivity contribution in [1.29, 1.82) is 0 Å². The topological polar surface area (TPSA) is 52.8 Å². The molecule has 1 aliphatic carbocycles. The van der Waals surface area contributed by atoms with Gasteiger partial charge in [0.25, 0.3) is 0 Å². The van der Waals surface area contributed by atoms with Crippen LogP contribution in [0.2, 0.25) is 5.02 Å². The van der Waals surface area contributed by atoms with Crippen molar-refractivity contribution in [1.82, 2.24) is 19.7 Å². The number of aromatic nitrogens is 4. The Labute approximate surface area is 169 Å². The van der Waals surface area contributed by atoms with Crippen LogP contribution in [0.25, 0.3) is 11.8 Å². The summed E-state index contributed by atoms with van der Waals surface area (Å²) in [5.41, 5.74) is 2.22. The monoisotopic (exact) mass is 392 g/mol. The third-order valence-electron chi connectivity index (χ3n) is 5.55. The molecule has 0 spiro atoms. The minimum Gasteiger partial charge on any atom is -0.474 e. The summed E-state index contributed by atoms with van der Waals surface area (Å²) in [6.45, 7) is 0. The summed E-state index contributed by atoms with van der Waals surface area (Å²) in [6, 6.07) is 11.8. The van der Waals surface area contributed by atoms with E-state index in [1.165, 1.54) is 0 Å².